The zero-order chi connectivity index (χ0) is 20.5. The van der Waals surface area contributed by atoms with Gasteiger partial charge < -0.3 is 19.5 Å². The topological polar surface area (TPSA) is 68.8 Å². The monoisotopic (exact) mass is 406 g/mol. The highest BCUT2D eigenvalue weighted by atomic mass is 32.1. The third-order valence-corrected chi connectivity index (χ3v) is 3.72. The van der Waals surface area contributed by atoms with Crippen LogP contribution in [-0.4, -0.2) is 30.8 Å². The van der Waals surface area contributed by atoms with E-state index in [0.717, 1.165) is 0 Å². The Balaban J connectivity index is 2.23. The van der Waals surface area contributed by atoms with Crippen molar-refractivity contribution < 1.29 is 23.4 Å². The number of carbonyl (C=O) groups is 1. The number of rotatable bonds is 8. The van der Waals surface area contributed by atoms with E-state index in [4.69, 9.17) is 26.4 Å². The predicted octanol–water partition coefficient (Wildman–Crippen LogP) is 4.15. The van der Waals surface area contributed by atoms with Crippen molar-refractivity contribution in [2.75, 3.05) is 25.1 Å². The van der Waals surface area contributed by atoms with Crippen LogP contribution in [0.5, 0.6) is 17.2 Å². The number of para-hydroxylation sites is 1. The number of halogens is 1. The van der Waals surface area contributed by atoms with Crippen molar-refractivity contribution in [3.63, 3.8) is 0 Å². The van der Waals surface area contributed by atoms with Gasteiger partial charge in [0.15, 0.2) is 16.6 Å². The molecule has 0 aromatic heterocycles. The Bertz CT molecular complexity index is 818. The minimum Gasteiger partial charge on any atom is -0.490 e. The van der Waals surface area contributed by atoms with E-state index in [1.54, 1.807) is 24.3 Å². The molecule has 0 bridgehead atoms. The van der Waals surface area contributed by atoms with Crippen LogP contribution in [0.3, 0.4) is 0 Å². The van der Waals surface area contributed by atoms with Gasteiger partial charge in [-0.1, -0.05) is 12.1 Å². The number of hydrogen-bond acceptors (Lipinski definition) is 5. The highest BCUT2D eigenvalue weighted by Crippen LogP contribution is 2.39. The molecule has 0 heterocycles. The lowest BCUT2D eigenvalue weighted by Crippen LogP contribution is -2.34. The molecule has 1 amide bonds. The van der Waals surface area contributed by atoms with E-state index in [1.165, 1.54) is 12.1 Å². The van der Waals surface area contributed by atoms with Gasteiger partial charge >= 0.3 is 0 Å². The van der Waals surface area contributed by atoms with E-state index in [0.29, 0.717) is 37.1 Å². The Labute approximate surface area is 169 Å². The second-order valence-corrected chi connectivity index (χ2v) is 5.90. The normalized spacial score (nSPS) is 10.1. The molecule has 0 aliphatic heterocycles. The third-order valence-electron chi connectivity index (χ3n) is 3.52. The van der Waals surface area contributed by atoms with Crippen LogP contribution in [0.1, 0.15) is 31.1 Å². The molecule has 0 saturated heterocycles. The van der Waals surface area contributed by atoms with E-state index in [2.05, 4.69) is 10.6 Å². The fraction of sp³-hybridized carbons (Fsp3) is 0.300. The summed E-state index contributed by atoms with van der Waals surface area (Å²) in [6.07, 6.45) is 0. The van der Waals surface area contributed by atoms with Crippen molar-refractivity contribution in [1.29, 1.82) is 0 Å². The Morgan fingerprint density at radius 1 is 1.00 bits per heavy atom. The van der Waals surface area contributed by atoms with Crippen molar-refractivity contribution in [1.82, 2.24) is 5.32 Å². The number of thiocarbonyl (C=S) groups is 1. The fourth-order valence-electron chi connectivity index (χ4n) is 2.41. The molecule has 0 atom stereocenters. The van der Waals surface area contributed by atoms with Crippen LogP contribution >= 0.6 is 12.2 Å². The Morgan fingerprint density at radius 3 is 2.11 bits per heavy atom. The van der Waals surface area contributed by atoms with Crippen molar-refractivity contribution in [2.45, 2.75) is 20.8 Å². The molecule has 2 aromatic rings. The lowest BCUT2D eigenvalue weighted by atomic mass is 10.1. The molecule has 0 fully saturated rings. The van der Waals surface area contributed by atoms with Gasteiger partial charge in [0.2, 0.25) is 5.75 Å². The molecule has 8 heteroatoms. The van der Waals surface area contributed by atoms with Crippen LogP contribution < -0.4 is 24.8 Å². The SMILES string of the molecule is CCOc1cc(C(=O)NC(=S)Nc2ccccc2F)cc(OCC)c1OCC. The molecule has 6 nitrogen and oxygen atoms in total. The predicted molar refractivity (Wildman–Crippen MR) is 110 cm³/mol. The molecule has 0 saturated carbocycles. The molecule has 0 unspecified atom stereocenters. The van der Waals surface area contributed by atoms with Crippen LogP contribution in [0, 0.1) is 5.82 Å². The van der Waals surface area contributed by atoms with E-state index in [9.17, 15) is 9.18 Å². The summed E-state index contributed by atoms with van der Waals surface area (Å²) in [4.78, 5) is 12.6. The molecule has 0 radical (unpaired) electrons. The molecule has 28 heavy (non-hydrogen) atoms. The molecular weight excluding hydrogens is 383 g/mol. The van der Waals surface area contributed by atoms with Crippen molar-refractivity contribution >= 4 is 28.9 Å². The maximum Gasteiger partial charge on any atom is 0.257 e. The average molecular weight is 406 g/mol. The second kappa shape index (κ2) is 10.5. The van der Waals surface area contributed by atoms with Crippen molar-refractivity contribution in [3.8, 4) is 17.2 Å². The van der Waals surface area contributed by atoms with Crippen LogP contribution in [0.4, 0.5) is 10.1 Å². The van der Waals surface area contributed by atoms with E-state index in [-0.39, 0.29) is 16.4 Å². The third kappa shape index (κ3) is 5.56. The van der Waals surface area contributed by atoms with Crippen LogP contribution in [0.15, 0.2) is 36.4 Å². The number of anilines is 1. The zero-order valence-corrected chi connectivity index (χ0v) is 16.8. The summed E-state index contributed by atoms with van der Waals surface area (Å²) >= 11 is 5.11. The average Bonchev–Trinajstić information content (AvgIpc) is 2.66. The van der Waals surface area contributed by atoms with Crippen molar-refractivity contribution in [2.24, 2.45) is 0 Å². The quantitative estimate of drug-likeness (QED) is 0.642. The number of nitrogens with one attached hydrogen (secondary N) is 2. The van der Waals surface area contributed by atoms with Gasteiger partial charge in [0.25, 0.3) is 5.91 Å². The number of hydrogen-bond donors (Lipinski definition) is 2. The number of benzene rings is 2. The fourth-order valence-corrected chi connectivity index (χ4v) is 2.61. The first kappa shape index (κ1) is 21.4. The van der Waals surface area contributed by atoms with Gasteiger partial charge in [-0.25, -0.2) is 4.39 Å². The highest BCUT2D eigenvalue weighted by molar-refractivity contribution is 7.80. The largest absolute Gasteiger partial charge is 0.490 e. The Kier molecular flexibility index (Phi) is 8.01. The minimum absolute atomic E-state index is 0.0279. The van der Waals surface area contributed by atoms with Crippen LogP contribution in [0.2, 0.25) is 0 Å². The summed E-state index contributed by atoms with van der Waals surface area (Å²) in [5.41, 5.74) is 0.442. The molecular formula is C20H23FN2O4S. The zero-order valence-electron chi connectivity index (χ0n) is 16.0. The molecule has 150 valence electrons. The lowest BCUT2D eigenvalue weighted by molar-refractivity contribution is 0.0976. The molecule has 2 N–H and O–H groups in total. The van der Waals surface area contributed by atoms with Crippen LogP contribution in [0.25, 0.3) is 0 Å². The maximum atomic E-state index is 13.7. The van der Waals surface area contributed by atoms with E-state index >= 15 is 0 Å². The molecule has 2 aromatic carbocycles. The molecule has 0 aliphatic rings. The lowest BCUT2D eigenvalue weighted by Gasteiger charge is -2.17. The number of amides is 1. The van der Waals surface area contributed by atoms with Crippen molar-refractivity contribution in [3.05, 3.63) is 47.8 Å². The molecule has 2 rings (SSSR count). The first-order valence-electron chi connectivity index (χ1n) is 8.93. The molecule has 0 spiro atoms. The second-order valence-electron chi connectivity index (χ2n) is 5.49. The number of ether oxygens (including phenoxy) is 3. The Hall–Kier alpha value is -2.87. The summed E-state index contributed by atoms with van der Waals surface area (Å²) in [7, 11) is 0. The Morgan fingerprint density at radius 2 is 1.57 bits per heavy atom. The smallest absolute Gasteiger partial charge is 0.257 e. The minimum atomic E-state index is -0.487. The summed E-state index contributed by atoms with van der Waals surface area (Å²) < 4.78 is 30.5. The summed E-state index contributed by atoms with van der Waals surface area (Å²) in [6, 6.07) is 9.14. The van der Waals surface area contributed by atoms with Gasteiger partial charge in [0, 0.05) is 5.56 Å². The van der Waals surface area contributed by atoms with Gasteiger partial charge in [-0.3, -0.25) is 10.1 Å². The van der Waals surface area contributed by atoms with Gasteiger partial charge in [0.05, 0.1) is 25.5 Å². The summed E-state index contributed by atoms with van der Waals surface area (Å²) in [5, 5.41) is 5.16. The van der Waals surface area contributed by atoms with E-state index in [1.807, 2.05) is 20.8 Å². The van der Waals surface area contributed by atoms with Gasteiger partial charge in [-0.15, -0.1) is 0 Å². The highest BCUT2D eigenvalue weighted by Gasteiger charge is 2.19. The summed E-state index contributed by atoms with van der Waals surface area (Å²) in [6.45, 7) is 6.71. The van der Waals surface area contributed by atoms with Gasteiger partial charge in [0.1, 0.15) is 5.82 Å². The van der Waals surface area contributed by atoms with Gasteiger partial charge in [-0.05, 0) is 57.3 Å². The standard InChI is InChI=1S/C20H23FN2O4S/c1-4-25-16-11-13(12-17(26-5-2)18(16)27-6-3)19(24)23-20(28)22-15-10-8-7-9-14(15)21/h7-12H,4-6H2,1-3H3,(H2,22,23,24,28). The maximum absolute atomic E-state index is 13.7. The molecule has 0 aliphatic carbocycles. The first-order chi connectivity index (χ1) is 13.5. The van der Waals surface area contributed by atoms with Gasteiger partial charge in [-0.2, -0.15) is 0 Å². The number of carbonyl (C=O) groups excluding carboxylic acids is 1. The van der Waals surface area contributed by atoms with Crippen LogP contribution in [-0.2, 0) is 0 Å². The van der Waals surface area contributed by atoms with E-state index < -0.39 is 11.7 Å². The summed E-state index contributed by atoms with van der Waals surface area (Å²) in [5.74, 6) is 0.271. The first-order valence-corrected chi connectivity index (χ1v) is 9.34.